The van der Waals surface area contributed by atoms with E-state index in [9.17, 15) is 9.59 Å². The van der Waals surface area contributed by atoms with E-state index in [2.05, 4.69) is 60.3 Å². The van der Waals surface area contributed by atoms with Crippen molar-refractivity contribution in [2.45, 2.75) is 65.0 Å². The van der Waals surface area contributed by atoms with Crippen molar-refractivity contribution < 1.29 is 9.59 Å². The number of hydrogen-bond acceptors (Lipinski definition) is 5. The van der Waals surface area contributed by atoms with Gasteiger partial charge in [0.1, 0.15) is 6.04 Å². The minimum atomic E-state index is -0.454. The number of benzene rings is 3. The van der Waals surface area contributed by atoms with E-state index in [0.29, 0.717) is 31.1 Å². The molecule has 234 valence electrons. The molecule has 2 heterocycles. The number of carbonyl (C=O) groups excluding carboxylic acids is 2. The summed E-state index contributed by atoms with van der Waals surface area (Å²) in [5, 5.41) is 6.54. The standard InChI is InChI=1S/C38H45N5O2/c1-26(2)39-37(31-17-21-32(22-18-31)40-28(4)34-13-9-23-42(34)5)27(3)30-15-19-33(20-16-30)41-38(45)35-14-10-24-43(35)36(44)25-29-11-7-6-8-12-29/h6-8,11-12,15-22,34-35,40H,4,9-10,13-14,23-25H2,1-3,5H3,(H,41,45)/b37-27+/t34-,35-/m0/s1. The molecule has 3 aromatic carbocycles. The molecule has 5 rings (SSSR count). The van der Waals surface area contributed by atoms with E-state index in [4.69, 9.17) is 4.99 Å². The number of nitrogens with one attached hydrogen (secondary N) is 2. The molecule has 0 saturated carbocycles. The molecule has 7 nitrogen and oxygen atoms in total. The number of aliphatic imine (C=N–C) groups is 1. The molecule has 0 spiro atoms. The van der Waals surface area contributed by atoms with Gasteiger partial charge in [0.05, 0.1) is 12.1 Å². The molecular weight excluding hydrogens is 558 g/mol. The van der Waals surface area contributed by atoms with E-state index in [1.165, 1.54) is 6.42 Å². The van der Waals surface area contributed by atoms with Gasteiger partial charge in [-0.25, -0.2) is 0 Å². The number of hydrogen-bond donors (Lipinski definition) is 2. The number of anilines is 2. The third-order valence-electron chi connectivity index (χ3n) is 8.74. The predicted octanol–water partition coefficient (Wildman–Crippen LogP) is 7.25. The molecule has 0 aromatic heterocycles. The summed E-state index contributed by atoms with van der Waals surface area (Å²) in [5.74, 6) is -0.152. The minimum Gasteiger partial charge on any atom is -0.358 e. The smallest absolute Gasteiger partial charge is 0.247 e. The van der Waals surface area contributed by atoms with E-state index < -0.39 is 6.04 Å². The molecule has 0 unspecified atom stereocenters. The number of rotatable bonds is 10. The summed E-state index contributed by atoms with van der Waals surface area (Å²) in [4.78, 5) is 35.3. The summed E-state index contributed by atoms with van der Waals surface area (Å²) in [6, 6.07) is 25.8. The van der Waals surface area contributed by atoms with Gasteiger partial charge in [0.2, 0.25) is 11.8 Å². The van der Waals surface area contributed by atoms with Crippen LogP contribution in [0.4, 0.5) is 11.4 Å². The maximum atomic E-state index is 13.3. The molecule has 2 amide bonds. The SMILES string of the molecule is C=C(Nc1ccc(/C(N=C(C)C)=C(/C)c2ccc(NC(=O)[C@@H]3CCCN3C(=O)Cc3ccccc3)cc2)cc1)[C@@H]1CCCN1C. The van der Waals surface area contributed by atoms with Gasteiger partial charge in [-0.2, -0.15) is 0 Å². The van der Waals surface area contributed by atoms with Gasteiger partial charge in [0, 0.05) is 40.9 Å². The van der Waals surface area contributed by atoms with Crippen molar-refractivity contribution in [3.63, 3.8) is 0 Å². The lowest BCUT2D eigenvalue weighted by atomic mass is 10.00. The zero-order valence-electron chi connectivity index (χ0n) is 27.0. The van der Waals surface area contributed by atoms with Crippen LogP contribution in [0.3, 0.4) is 0 Å². The maximum Gasteiger partial charge on any atom is 0.247 e. The van der Waals surface area contributed by atoms with Crippen LogP contribution in [0.25, 0.3) is 11.3 Å². The Balaban J connectivity index is 1.26. The molecule has 2 aliphatic rings. The van der Waals surface area contributed by atoms with E-state index in [-0.39, 0.29) is 11.8 Å². The summed E-state index contributed by atoms with van der Waals surface area (Å²) >= 11 is 0. The van der Waals surface area contributed by atoms with Gasteiger partial charge in [-0.15, -0.1) is 0 Å². The highest BCUT2D eigenvalue weighted by Gasteiger charge is 2.34. The summed E-state index contributed by atoms with van der Waals surface area (Å²) in [6.45, 7) is 12.1. The molecular formula is C38H45N5O2. The van der Waals surface area contributed by atoms with Crippen molar-refractivity contribution in [3.8, 4) is 0 Å². The Morgan fingerprint density at radius 1 is 0.800 bits per heavy atom. The lowest BCUT2D eigenvalue weighted by Crippen LogP contribution is -2.43. The number of amides is 2. The quantitative estimate of drug-likeness (QED) is 0.189. The zero-order valence-corrected chi connectivity index (χ0v) is 27.0. The predicted molar refractivity (Wildman–Crippen MR) is 186 cm³/mol. The van der Waals surface area contributed by atoms with Crippen molar-refractivity contribution in [3.05, 3.63) is 108 Å². The van der Waals surface area contributed by atoms with Crippen LogP contribution in [-0.4, -0.2) is 59.5 Å². The molecule has 45 heavy (non-hydrogen) atoms. The van der Waals surface area contributed by atoms with Crippen LogP contribution in [-0.2, 0) is 16.0 Å². The first-order valence-electron chi connectivity index (χ1n) is 15.9. The van der Waals surface area contributed by atoms with E-state index in [1.807, 2.05) is 68.4 Å². The first kappa shape index (κ1) is 31.9. The summed E-state index contributed by atoms with van der Waals surface area (Å²) in [6.07, 6.45) is 4.13. The Hall–Kier alpha value is -4.49. The van der Waals surface area contributed by atoms with Crippen molar-refractivity contribution in [1.82, 2.24) is 9.80 Å². The Kier molecular flexibility index (Phi) is 10.3. The monoisotopic (exact) mass is 603 g/mol. The summed E-state index contributed by atoms with van der Waals surface area (Å²) < 4.78 is 0. The number of likely N-dealkylation sites (tertiary alicyclic amines) is 2. The Morgan fingerprint density at radius 2 is 1.40 bits per heavy atom. The average Bonchev–Trinajstić information content (AvgIpc) is 3.70. The van der Waals surface area contributed by atoms with Crippen molar-refractivity contribution in [2.24, 2.45) is 4.99 Å². The highest BCUT2D eigenvalue weighted by Crippen LogP contribution is 2.30. The van der Waals surface area contributed by atoms with Gasteiger partial charge >= 0.3 is 0 Å². The van der Waals surface area contributed by atoms with Crippen LogP contribution in [0.1, 0.15) is 63.1 Å². The van der Waals surface area contributed by atoms with Gasteiger partial charge in [0.25, 0.3) is 0 Å². The van der Waals surface area contributed by atoms with E-state index in [0.717, 1.165) is 64.4 Å². The van der Waals surface area contributed by atoms with Crippen LogP contribution in [0.2, 0.25) is 0 Å². The second-order valence-electron chi connectivity index (χ2n) is 12.4. The fourth-order valence-corrected chi connectivity index (χ4v) is 6.29. The molecule has 2 N–H and O–H groups in total. The fourth-order valence-electron chi connectivity index (χ4n) is 6.29. The highest BCUT2D eigenvalue weighted by atomic mass is 16.2. The first-order valence-corrected chi connectivity index (χ1v) is 15.9. The molecule has 2 saturated heterocycles. The summed E-state index contributed by atoms with van der Waals surface area (Å²) in [5.41, 5.74) is 8.68. The van der Waals surface area contributed by atoms with E-state index in [1.54, 1.807) is 4.90 Å². The number of allylic oxidation sites excluding steroid dienone is 1. The van der Waals surface area contributed by atoms with Gasteiger partial charge in [-0.3, -0.25) is 19.5 Å². The highest BCUT2D eigenvalue weighted by molar-refractivity contribution is 5.99. The minimum absolute atomic E-state index is 0.00979. The molecule has 0 bridgehead atoms. The van der Waals surface area contributed by atoms with Crippen molar-refractivity contribution >= 4 is 40.2 Å². The molecule has 2 atom stereocenters. The van der Waals surface area contributed by atoms with Crippen LogP contribution >= 0.6 is 0 Å². The normalized spacial score (nSPS) is 18.7. The number of likely N-dealkylation sites (N-methyl/N-ethyl adjacent to an activating group) is 1. The topological polar surface area (TPSA) is 77.0 Å². The molecule has 0 radical (unpaired) electrons. The molecule has 3 aromatic rings. The lowest BCUT2D eigenvalue weighted by molar-refractivity contribution is -0.136. The van der Waals surface area contributed by atoms with Gasteiger partial charge in [-0.1, -0.05) is 61.2 Å². The number of carbonyl (C=O) groups is 2. The third kappa shape index (κ3) is 7.97. The lowest BCUT2D eigenvalue weighted by Gasteiger charge is -2.24. The molecule has 7 heteroatoms. The zero-order chi connectivity index (χ0) is 31.9. The first-order chi connectivity index (χ1) is 21.7. The summed E-state index contributed by atoms with van der Waals surface area (Å²) in [7, 11) is 2.15. The second kappa shape index (κ2) is 14.5. The molecule has 2 aliphatic heterocycles. The number of nitrogens with zero attached hydrogens (tertiary/aromatic N) is 3. The Morgan fingerprint density at radius 3 is 2.02 bits per heavy atom. The average molecular weight is 604 g/mol. The van der Waals surface area contributed by atoms with E-state index >= 15 is 0 Å². The second-order valence-corrected chi connectivity index (χ2v) is 12.4. The van der Waals surface area contributed by atoms with Crippen molar-refractivity contribution in [1.29, 1.82) is 0 Å². The fraction of sp³-hybridized carbons (Fsp3) is 0.342. The largest absolute Gasteiger partial charge is 0.358 e. The Labute approximate surface area is 267 Å². The van der Waals surface area contributed by atoms with Gasteiger partial charge in [-0.05, 0) is 101 Å². The molecule has 2 fully saturated rings. The van der Waals surface area contributed by atoms with Crippen LogP contribution in [0, 0.1) is 0 Å². The third-order valence-corrected chi connectivity index (χ3v) is 8.74. The van der Waals surface area contributed by atoms with Crippen LogP contribution in [0.5, 0.6) is 0 Å². The van der Waals surface area contributed by atoms with Crippen LogP contribution < -0.4 is 10.6 Å². The van der Waals surface area contributed by atoms with Crippen molar-refractivity contribution in [2.75, 3.05) is 30.8 Å². The van der Waals surface area contributed by atoms with Gasteiger partial charge < -0.3 is 15.5 Å². The Bertz CT molecular complexity index is 1570. The van der Waals surface area contributed by atoms with Crippen LogP contribution in [0.15, 0.2) is 96.1 Å². The van der Waals surface area contributed by atoms with Gasteiger partial charge in [0.15, 0.2) is 0 Å². The molecule has 0 aliphatic carbocycles. The maximum absolute atomic E-state index is 13.3.